The van der Waals surface area contributed by atoms with Crippen molar-refractivity contribution in [3.63, 3.8) is 0 Å². The molecule has 23 heavy (non-hydrogen) atoms. The Kier molecular flexibility index (Phi) is 9.70. The molecule has 0 amide bonds. The van der Waals surface area contributed by atoms with Crippen LogP contribution >= 0.6 is 35.3 Å². The van der Waals surface area contributed by atoms with E-state index >= 15 is 0 Å². The number of benzene rings is 1. The molecule has 0 atom stereocenters. The van der Waals surface area contributed by atoms with Gasteiger partial charge in [-0.3, -0.25) is 4.99 Å². The fourth-order valence-electron chi connectivity index (χ4n) is 2.13. The third kappa shape index (κ3) is 7.22. The van der Waals surface area contributed by atoms with E-state index in [1.54, 1.807) is 25.5 Å². The van der Waals surface area contributed by atoms with E-state index in [1.807, 2.05) is 12.1 Å². The van der Waals surface area contributed by atoms with E-state index in [0.717, 1.165) is 37.6 Å². The Hall–Kier alpha value is -1.28. The van der Waals surface area contributed by atoms with Crippen molar-refractivity contribution in [1.82, 2.24) is 10.6 Å². The van der Waals surface area contributed by atoms with Crippen molar-refractivity contribution < 1.29 is 4.74 Å². The van der Waals surface area contributed by atoms with Crippen molar-refractivity contribution in [3.05, 3.63) is 52.2 Å². The molecule has 0 saturated heterocycles. The van der Waals surface area contributed by atoms with E-state index in [9.17, 15) is 0 Å². The van der Waals surface area contributed by atoms with Gasteiger partial charge < -0.3 is 15.4 Å². The lowest BCUT2D eigenvalue weighted by molar-refractivity contribution is 0.414. The van der Waals surface area contributed by atoms with Crippen molar-refractivity contribution in [3.8, 4) is 5.75 Å². The second-order valence-electron chi connectivity index (χ2n) is 4.94. The zero-order chi connectivity index (χ0) is 15.6. The van der Waals surface area contributed by atoms with Crippen LogP contribution in [0.3, 0.4) is 0 Å². The zero-order valence-electron chi connectivity index (χ0n) is 13.5. The first-order chi connectivity index (χ1) is 10.8. The Balaban J connectivity index is 0.00000264. The monoisotopic (exact) mass is 445 g/mol. The number of methoxy groups -OCH3 is 1. The van der Waals surface area contributed by atoms with Crippen LogP contribution in [0.15, 0.2) is 46.1 Å². The molecule has 2 rings (SSSR count). The molecule has 0 aliphatic rings. The first-order valence-electron chi connectivity index (χ1n) is 7.40. The summed E-state index contributed by atoms with van der Waals surface area (Å²) in [6, 6.07) is 10.3. The summed E-state index contributed by atoms with van der Waals surface area (Å²) in [7, 11) is 3.49. The van der Waals surface area contributed by atoms with E-state index in [1.165, 1.54) is 11.1 Å². The number of ether oxygens (including phenoxy) is 1. The quantitative estimate of drug-likeness (QED) is 0.296. The van der Waals surface area contributed by atoms with E-state index in [2.05, 4.69) is 44.6 Å². The summed E-state index contributed by atoms with van der Waals surface area (Å²) in [6.07, 6.45) is 2.07. The Morgan fingerprint density at radius 1 is 1.22 bits per heavy atom. The zero-order valence-corrected chi connectivity index (χ0v) is 16.7. The van der Waals surface area contributed by atoms with E-state index in [4.69, 9.17) is 4.74 Å². The Labute approximate surface area is 159 Å². The largest absolute Gasteiger partial charge is 0.497 e. The van der Waals surface area contributed by atoms with Crippen molar-refractivity contribution in [2.45, 2.75) is 19.4 Å². The van der Waals surface area contributed by atoms with Gasteiger partial charge in [-0.05, 0) is 52.9 Å². The van der Waals surface area contributed by atoms with Crippen LogP contribution in [0.5, 0.6) is 5.75 Å². The second-order valence-corrected chi connectivity index (χ2v) is 5.72. The van der Waals surface area contributed by atoms with Crippen molar-refractivity contribution in [1.29, 1.82) is 0 Å². The summed E-state index contributed by atoms with van der Waals surface area (Å²) < 4.78 is 5.24. The van der Waals surface area contributed by atoms with E-state index in [-0.39, 0.29) is 24.0 Å². The van der Waals surface area contributed by atoms with Crippen LogP contribution in [0.2, 0.25) is 0 Å². The summed E-state index contributed by atoms with van der Waals surface area (Å²) in [5.41, 5.74) is 2.58. The number of nitrogens with one attached hydrogen (secondary N) is 2. The summed E-state index contributed by atoms with van der Waals surface area (Å²) in [4.78, 5) is 4.24. The number of rotatable bonds is 7. The van der Waals surface area contributed by atoms with Crippen LogP contribution < -0.4 is 15.4 Å². The molecule has 2 aromatic rings. The predicted octanol–water partition coefficient (Wildman–Crippen LogP) is 3.67. The number of nitrogens with zero attached hydrogens (tertiary/aromatic N) is 1. The van der Waals surface area contributed by atoms with Crippen LogP contribution in [0.1, 0.15) is 17.5 Å². The first-order valence-corrected chi connectivity index (χ1v) is 8.34. The van der Waals surface area contributed by atoms with Crippen LogP contribution in [0.4, 0.5) is 0 Å². The second kappa shape index (κ2) is 11.3. The van der Waals surface area contributed by atoms with Gasteiger partial charge in [0.15, 0.2) is 5.96 Å². The predicted molar refractivity (Wildman–Crippen MR) is 109 cm³/mol. The highest BCUT2D eigenvalue weighted by Gasteiger charge is 2.00. The molecule has 0 bridgehead atoms. The van der Waals surface area contributed by atoms with Gasteiger partial charge in [0.1, 0.15) is 5.75 Å². The minimum Gasteiger partial charge on any atom is -0.497 e. The molecular weight excluding hydrogens is 421 g/mol. The van der Waals surface area contributed by atoms with Crippen LogP contribution in [0.25, 0.3) is 0 Å². The molecule has 4 nitrogen and oxygen atoms in total. The maximum Gasteiger partial charge on any atom is 0.191 e. The van der Waals surface area contributed by atoms with Crippen molar-refractivity contribution in [2.24, 2.45) is 4.99 Å². The number of thiophene rings is 1. The van der Waals surface area contributed by atoms with Gasteiger partial charge in [0.05, 0.1) is 7.11 Å². The SMILES string of the molecule is CN=C(NCCCc1cccc(OC)c1)NCc1ccsc1.I. The molecule has 0 radical (unpaired) electrons. The summed E-state index contributed by atoms with van der Waals surface area (Å²) >= 11 is 1.71. The van der Waals surface area contributed by atoms with Gasteiger partial charge in [0, 0.05) is 20.1 Å². The number of hydrogen-bond acceptors (Lipinski definition) is 3. The maximum atomic E-state index is 5.24. The highest BCUT2D eigenvalue weighted by Crippen LogP contribution is 2.13. The molecule has 0 fully saturated rings. The molecule has 2 N–H and O–H groups in total. The third-order valence-electron chi connectivity index (χ3n) is 3.33. The molecule has 0 aliphatic carbocycles. The standard InChI is InChI=1S/C17H23N3OS.HI/c1-18-17(20-12-15-8-10-22-13-15)19-9-4-6-14-5-3-7-16(11-14)21-2;/h3,5,7-8,10-11,13H,4,6,9,12H2,1-2H3,(H2,18,19,20);1H. The lowest BCUT2D eigenvalue weighted by Gasteiger charge is -2.11. The molecule has 1 aromatic heterocycles. The third-order valence-corrected chi connectivity index (χ3v) is 4.06. The van der Waals surface area contributed by atoms with Gasteiger partial charge in [0.2, 0.25) is 0 Å². The molecular formula is C17H24IN3OS. The molecule has 0 saturated carbocycles. The number of aliphatic imine (C=N–C) groups is 1. The van der Waals surface area contributed by atoms with Crippen LogP contribution in [-0.4, -0.2) is 26.7 Å². The van der Waals surface area contributed by atoms with Gasteiger partial charge in [-0.15, -0.1) is 24.0 Å². The molecule has 1 heterocycles. The van der Waals surface area contributed by atoms with Crippen LogP contribution in [0, 0.1) is 0 Å². The van der Waals surface area contributed by atoms with Gasteiger partial charge >= 0.3 is 0 Å². The smallest absolute Gasteiger partial charge is 0.191 e. The van der Waals surface area contributed by atoms with Gasteiger partial charge in [-0.2, -0.15) is 11.3 Å². The Morgan fingerprint density at radius 2 is 2.09 bits per heavy atom. The highest BCUT2D eigenvalue weighted by atomic mass is 127. The summed E-state index contributed by atoms with van der Waals surface area (Å²) in [5, 5.41) is 10.9. The van der Waals surface area contributed by atoms with E-state index < -0.39 is 0 Å². The molecule has 0 spiro atoms. The molecule has 6 heteroatoms. The normalized spacial score (nSPS) is 10.8. The fourth-order valence-corrected chi connectivity index (χ4v) is 2.80. The molecule has 0 unspecified atom stereocenters. The molecule has 126 valence electrons. The van der Waals surface area contributed by atoms with Gasteiger partial charge in [0.25, 0.3) is 0 Å². The average Bonchev–Trinajstić information content (AvgIpc) is 3.08. The lowest BCUT2D eigenvalue weighted by Crippen LogP contribution is -2.37. The summed E-state index contributed by atoms with van der Waals surface area (Å²) in [6.45, 7) is 1.69. The summed E-state index contributed by atoms with van der Waals surface area (Å²) in [5.74, 6) is 1.76. The Morgan fingerprint density at radius 3 is 2.78 bits per heavy atom. The maximum absolute atomic E-state index is 5.24. The lowest BCUT2D eigenvalue weighted by atomic mass is 10.1. The number of guanidine groups is 1. The average molecular weight is 445 g/mol. The first kappa shape index (κ1) is 19.8. The topological polar surface area (TPSA) is 45.7 Å². The van der Waals surface area contributed by atoms with Gasteiger partial charge in [-0.1, -0.05) is 12.1 Å². The number of aryl methyl sites for hydroxylation is 1. The number of hydrogen-bond donors (Lipinski definition) is 2. The van der Waals surface area contributed by atoms with Crippen LogP contribution in [-0.2, 0) is 13.0 Å². The number of halogens is 1. The minimum absolute atomic E-state index is 0. The molecule has 0 aliphatic heterocycles. The van der Waals surface area contributed by atoms with Gasteiger partial charge in [-0.25, -0.2) is 0 Å². The van der Waals surface area contributed by atoms with Crippen molar-refractivity contribution in [2.75, 3.05) is 20.7 Å². The highest BCUT2D eigenvalue weighted by molar-refractivity contribution is 14.0. The van der Waals surface area contributed by atoms with E-state index in [0.29, 0.717) is 0 Å². The van der Waals surface area contributed by atoms with Crippen molar-refractivity contribution >= 4 is 41.3 Å². The fraction of sp³-hybridized carbons (Fsp3) is 0.353. The Bertz CT molecular complexity index is 587. The minimum atomic E-state index is 0. The molecule has 1 aromatic carbocycles.